The molecule has 3 rings (SSSR count). The maximum Gasteiger partial charge on any atom is 0.276 e. The summed E-state index contributed by atoms with van der Waals surface area (Å²) in [4.78, 5) is 20.6. The second kappa shape index (κ2) is 6.34. The van der Waals surface area contributed by atoms with Gasteiger partial charge in [-0.2, -0.15) is 0 Å². The first-order chi connectivity index (χ1) is 10.5. The minimum atomic E-state index is -0.271. The van der Waals surface area contributed by atoms with Gasteiger partial charge in [0.2, 0.25) is 0 Å². The second-order valence-corrected chi connectivity index (χ2v) is 7.13. The molecule has 0 aliphatic carbocycles. The number of amides is 1. The number of hydrogen-bond donors (Lipinski definition) is 1. The van der Waals surface area contributed by atoms with Gasteiger partial charge in [-0.15, -0.1) is 22.7 Å². The Morgan fingerprint density at radius 3 is 2.68 bits per heavy atom. The minimum absolute atomic E-state index is 0.271. The first-order valence-electron chi connectivity index (χ1n) is 6.17. The molecule has 0 saturated carbocycles. The monoisotopic (exact) mass is 369 g/mol. The molecule has 0 bridgehead atoms. The van der Waals surface area contributed by atoms with E-state index in [1.807, 2.05) is 12.3 Å². The summed E-state index contributed by atoms with van der Waals surface area (Å²) in [6.45, 7) is 1.85. The van der Waals surface area contributed by atoms with Crippen LogP contribution < -0.4 is 5.32 Å². The molecule has 0 spiro atoms. The van der Waals surface area contributed by atoms with E-state index in [1.54, 1.807) is 23.6 Å². The summed E-state index contributed by atoms with van der Waals surface area (Å²) >= 11 is 14.8. The van der Waals surface area contributed by atoms with Gasteiger partial charge in [0.25, 0.3) is 5.91 Å². The number of hydrogen-bond acceptors (Lipinski definition) is 5. The van der Waals surface area contributed by atoms with Crippen LogP contribution in [0.3, 0.4) is 0 Å². The Hall–Kier alpha value is -1.47. The van der Waals surface area contributed by atoms with E-state index in [0.717, 1.165) is 10.6 Å². The number of aromatic nitrogens is 2. The summed E-state index contributed by atoms with van der Waals surface area (Å²) < 4.78 is 0. The number of thiazole rings is 2. The van der Waals surface area contributed by atoms with Gasteiger partial charge in [-0.05, 0) is 25.1 Å². The number of aryl methyl sites for hydroxylation is 1. The van der Waals surface area contributed by atoms with E-state index in [-0.39, 0.29) is 5.91 Å². The molecule has 1 aromatic carbocycles. The van der Waals surface area contributed by atoms with Crippen molar-refractivity contribution >= 4 is 56.9 Å². The van der Waals surface area contributed by atoms with Gasteiger partial charge in [0.05, 0.1) is 15.7 Å². The number of nitrogens with zero attached hydrogens (tertiary/aromatic N) is 2. The first-order valence-corrected chi connectivity index (χ1v) is 8.69. The molecule has 0 aliphatic rings. The summed E-state index contributed by atoms with van der Waals surface area (Å²) in [5.74, 6) is -0.271. The summed E-state index contributed by atoms with van der Waals surface area (Å²) in [6.07, 6.45) is 0. The van der Waals surface area contributed by atoms with Crippen molar-refractivity contribution in [2.45, 2.75) is 6.92 Å². The zero-order valence-corrected chi connectivity index (χ0v) is 14.4. The van der Waals surface area contributed by atoms with Crippen molar-refractivity contribution in [3.8, 4) is 11.3 Å². The Bertz CT molecular complexity index is 844. The molecule has 8 heteroatoms. The topological polar surface area (TPSA) is 54.9 Å². The van der Waals surface area contributed by atoms with Gasteiger partial charge >= 0.3 is 0 Å². The van der Waals surface area contributed by atoms with Crippen LogP contribution in [0.15, 0.2) is 29.0 Å². The summed E-state index contributed by atoms with van der Waals surface area (Å²) in [7, 11) is 0. The van der Waals surface area contributed by atoms with Crippen molar-refractivity contribution in [2.24, 2.45) is 0 Å². The molecular formula is C14H9Cl2N3OS2. The standard InChI is InChI=1S/C14H9Cl2N3OS2/c1-7-17-12(6-21-7)13(20)19-14-18-11(5-22-14)9-3-2-8(15)4-10(9)16/h2-6H,1H3,(H,18,19,20). The number of carbonyl (C=O) groups excluding carboxylic acids is 1. The molecule has 0 unspecified atom stereocenters. The molecule has 22 heavy (non-hydrogen) atoms. The number of carbonyl (C=O) groups is 1. The van der Waals surface area contributed by atoms with Crippen LogP contribution >= 0.6 is 45.9 Å². The highest BCUT2D eigenvalue weighted by molar-refractivity contribution is 7.14. The van der Waals surface area contributed by atoms with E-state index in [0.29, 0.717) is 26.6 Å². The van der Waals surface area contributed by atoms with Crippen LogP contribution in [0.4, 0.5) is 5.13 Å². The number of anilines is 1. The molecule has 3 aromatic rings. The lowest BCUT2D eigenvalue weighted by Crippen LogP contribution is -2.12. The average Bonchev–Trinajstić information content (AvgIpc) is 3.08. The fourth-order valence-electron chi connectivity index (χ4n) is 1.78. The van der Waals surface area contributed by atoms with E-state index >= 15 is 0 Å². The highest BCUT2D eigenvalue weighted by atomic mass is 35.5. The van der Waals surface area contributed by atoms with Gasteiger partial charge < -0.3 is 0 Å². The summed E-state index contributed by atoms with van der Waals surface area (Å²) in [5, 5.41) is 8.71. The first kappa shape index (κ1) is 15.4. The molecule has 2 aromatic heterocycles. The molecule has 1 N–H and O–H groups in total. The van der Waals surface area contributed by atoms with Gasteiger partial charge in [0, 0.05) is 21.3 Å². The third kappa shape index (κ3) is 3.30. The van der Waals surface area contributed by atoms with Crippen LogP contribution in [0.5, 0.6) is 0 Å². The smallest absolute Gasteiger partial charge is 0.276 e. The van der Waals surface area contributed by atoms with E-state index in [9.17, 15) is 4.79 Å². The highest BCUT2D eigenvalue weighted by Gasteiger charge is 2.13. The number of rotatable bonds is 3. The van der Waals surface area contributed by atoms with Crippen molar-refractivity contribution in [1.29, 1.82) is 0 Å². The molecule has 2 heterocycles. The predicted octanol–water partition coefficient (Wildman–Crippen LogP) is 5.13. The molecule has 0 atom stereocenters. The molecule has 0 fully saturated rings. The lowest BCUT2D eigenvalue weighted by atomic mass is 10.2. The van der Waals surface area contributed by atoms with Crippen molar-refractivity contribution in [3.05, 3.63) is 49.7 Å². The van der Waals surface area contributed by atoms with Crippen molar-refractivity contribution in [3.63, 3.8) is 0 Å². The summed E-state index contributed by atoms with van der Waals surface area (Å²) in [6, 6.07) is 5.21. The maximum absolute atomic E-state index is 12.0. The third-order valence-corrected chi connectivity index (χ3v) is 4.86. The Kier molecular flexibility index (Phi) is 4.44. The maximum atomic E-state index is 12.0. The van der Waals surface area contributed by atoms with Crippen LogP contribution in [0.25, 0.3) is 11.3 Å². The van der Waals surface area contributed by atoms with E-state index in [4.69, 9.17) is 23.2 Å². The molecule has 4 nitrogen and oxygen atoms in total. The average molecular weight is 370 g/mol. The van der Waals surface area contributed by atoms with Gasteiger partial charge in [0.15, 0.2) is 5.13 Å². The van der Waals surface area contributed by atoms with Crippen LogP contribution in [-0.4, -0.2) is 15.9 Å². The van der Waals surface area contributed by atoms with E-state index in [1.165, 1.54) is 22.7 Å². The van der Waals surface area contributed by atoms with Crippen LogP contribution in [0.2, 0.25) is 10.0 Å². The highest BCUT2D eigenvalue weighted by Crippen LogP contribution is 2.32. The Morgan fingerprint density at radius 1 is 1.18 bits per heavy atom. The summed E-state index contributed by atoms with van der Waals surface area (Å²) in [5.41, 5.74) is 1.85. The van der Waals surface area contributed by atoms with Crippen molar-refractivity contribution < 1.29 is 4.79 Å². The predicted molar refractivity (Wildman–Crippen MR) is 92.4 cm³/mol. The molecule has 1 amide bonds. The third-order valence-electron chi connectivity index (χ3n) is 2.78. The number of benzene rings is 1. The Balaban J connectivity index is 1.80. The lowest BCUT2D eigenvalue weighted by molar-refractivity contribution is 0.102. The molecule has 0 radical (unpaired) electrons. The normalized spacial score (nSPS) is 10.7. The zero-order valence-electron chi connectivity index (χ0n) is 11.3. The minimum Gasteiger partial charge on any atom is -0.296 e. The fraction of sp³-hybridized carbons (Fsp3) is 0.0714. The number of halogens is 2. The molecule has 112 valence electrons. The quantitative estimate of drug-likeness (QED) is 0.695. The van der Waals surface area contributed by atoms with Crippen LogP contribution in [-0.2, 0) is 0 Å². The molecular weight excluding hydrogens is 361 g/mol. The second-order valence-electron chi connectivity index (χ2n) is 4.37. The Labute approximate surface area is 144 Å². The lowest BCUT2D eigenvalue weighted by Gasteiger charge is -2.01. The van der Waals surface area contributed by atoms with E-state index < -0.39 is 0 Å². The van der Waals surface area contributed by atoms with Gasteiger partial charge in [-0.1, -0.05) is 23.2 Å². The molecule has 0 aliphatic heterocycles. The number of nitrogens with one attached hydrogen (secondary N) is 1. The van der Waals surface area contributed by atoms with Crippen LogP contribution in [0, 0.1) is 6.92 Å². The molecule has 0 saturated heterocycles. The van der Waals surface area contributed by atoms with Crippen LogP contribution in [0.1, 0.15) is 15.5 Å². The zero-order chi connectivity index (χ0) is 15.7. The van der Waals surface area contributed by atoms with Gasteiger partial charge in [-0.3, -0.25) is 10.1 Å². The largest absolute Gasteiger partial charge is 0.296 e. The van der Waals surface area contributed by atoms with E-state index in [2.05, 4.69) is 15.3 Å². The SMILES string of the molecule is Cc1nc(C(=O)Nc2nc(-c3ccc(Cl)cc3Cl)cs2)cs1. The Morgan fingerprint density at radius 2 is 2.00 bits per heavy atom. The van der Waals surface area contributed by atoms with Gasteiger partial charge in [0.1, 0.15) is 5.69 Å². The van der Waals surface area contributed by atoms with Crippen molar-refractivity contribution in [1.82, 2.24) is 9.97 Å². The van der Waals surface area contributed by atoms with Gasteiger partial charge in [-0.25, -0.2) is 9.97 Å². The fourth-order valence-corrected chi connectivity index (χ4v) is 3.58. The van der Waals surface area contributed by atoms with Crippen molar-refractivity contribution in [2.75, 3.05) is 5.32 Å².